The lowest BCUT2D eigenvalue weighted by atomic mass is 10.2. The van der Waals surface area contributed by atoms with Crippen molar-refractivity contribution < 1.29 is 13.0 Å². The number of hydrogen-bond donors (Lipinski definition) is 1. The van der Waals surface area contributed by atoms with Crippen molar-refractivity contribution in [2.45, 2.75) is 28.5 Å². The highest BCUT2D eigenvalue weighted by Gasteiger charge is 2.35. The van der Waals surface area contributed by atoms with Crippen LogP contribution in [0.3, 0.4) is 0 Å². The Balaban J connectivity index is 2.26. The van der Waals surface area contributed by atoms with Crippen LogP contribution < -0.4 is 4.90 Å². The third kappa shape index (κ3) is 2.78. The lowest BCUT2D eigenvalue weighted by Crippen LogP contribution is -2.38. The molecule has 1 atom stereocenters. The largest absolute Gasteiger partial charge is 0.320 e. The molecule has 0 bridgehead atoms. The Morgan fingerprint density at radius 3 is 2.55 bits per heavy atom. The number of nitrogens with zero attached hydrogens (tertiary/aromatic N) is 1. The van der Waals surface area contributed by atoms with Gasteiger partial charge in [0.1, 0.15) is 0 Å². The molecule has 2 aromatic rings. The lowest BCUT2D eigenvalue weighted by molar-refractivity contribution is 0.464. The topological polar surface area (TPSA) is 57.6 Å². The first-order valence-electron chi connectivity index (χ1n) is 6.73. The predicted molar refractivity (Wildman–Crippen MR) is 92.5 cm³/mol. The quantitative estimate of drug-likeness (QED) is 0.759. The summed E-state index contributed by atoms with van der Waals surface area (Å²) in [6.45, 7) is 1.75. The zero-order valence-electron chi connectivity index (χ0n) is 11.7. The third-order valence-electron chi connectivity index (χ3n) is 3.51. The molecule has 0 amide bonds. The summed E-state index contributed by atoms with van der Waals surface area (Å²) in [5.41, 5.74) is 1.57. The number of benzene rings is 2. The summed E-state index contributed by atoms with van der Waals surface area (Å²) in [4.78, 5) is 3.64. The second-order valence-corrected chi connectivity index (χ2v) is 8.50. The average Bonchev–Trinajstić information content (AvgIpc) is 2.46. The van der Waals surface area contributed by atoms with E-state index in [2.05, 4.69) is 15.9 Å². The Bertz CT molecular complexity index is 823. The van der Waals surface area contributed by atoms with E-state index >= 15 is 0 Å². The Labute approximate surface area is 142 Å². The number of fused-ring (bicyclic) bond motifs is 2. The maximum absolute atomic E-state index is 11.9. The molecule has 0 radical (unpaired) electrons. The minimum Gasteiger partial charge on any atom is -0.320 e. The summed E-state index contributed by atoms with van der Waals surface area (Å²) < 4.78 is 34.2. The maximum atomic E-state index is 11.9. The Morgan fingerprint density at radius 2 is 1.86 bits per heavy atom. The van der Waals surface area contributed by atoms with Crippen molar-refractivity contribution in [2.24, 2.45) is 0 Å². The Hall–Kier alpha value is -1.02. The van der Waals surface area contributed by atoms with Gasteiger partial charge in [-0.25, -0.2) is 0 Å². The van der Waals surface area contributed by atoms with E-state index in [4.69, 9.17) is 0 Å². The van der Waals surface area contributed by atoms with E-state index in [9.17, 15) is 13.0 Å². The van der Waals surface area contributed by atoms with Gasteiger partial charge in [0.2, 0.25) is 0 Å². The van der Waals surface area contributed by atoms with Crippen molar-refractivity contribution >= 4 is 49.2 Å². The highest BCUT2D eigenvalue weighted by atomic mass is 79.9. The van der Waals surface area contributed by atoms with E-state index in [0.29, 0.717) is 0 Å². The van der Waals surface area contributed by atoms with Crippen LogP contribution in [-0.4, -0.2) is 18.3 Å². The van der Waals surface area contributed by atoms with Gasteiger partial charge < -0.3 is 4.90 Å². The summed E-state index contributed by atoms with van der Waals surface area (Å²) in [5, 5.41) is -1.01. The highest BCUT2D eigenvalue weighted by molar-refractivity contribution is 9.10. The standard InChI is InChI=1S/C15H14BrNO3S2/c1-2-15(22(18,19)20)17-11-5-3-4-6-13(11)21-14-8-7-10(16)9-12(14)17/h3-9,15H,2H2,1H3,(H,18,19,20). The summed E-state index contributed by atoms with van der Waals surface area (Å²) in [5.74, 6) is 0. The zero-order valence-corrected chi connectivity index (χ0v) is 15.0. The smallest absolute Gasteiger partial charge is 0.286 e. The first-order chi connectivity index (χ1) is 10.4. The van der Waals surface area contributed by atoms with Gasteiger partial charge in [-0.1, -0.05) is 46.7 Å². The van der Waals surface area contributed by atoms with E-state index < -0.39 is 15.5 Å². The fourth-order valence-electron chi connectivity index (χ4n) is 2.59. The fourth-order valence-corrected chi connectivity index (χ4v) is 4.91. The van der Waals surface area contributed by atoms with Crippen LogP contribution in [0.25, 0.3) is 0 Å². The van der Waals surface area contributed by atoms with Crippen molar-refractivity contribution in [1.29, 1.82) is 0 Å². The molecule has 1 heterocycles. The van der Waals surface area contributed by atoms with E-state index in [0.717, 1.165) is 25.6 Å². The number of halogens is 1. The van der Waals surface area contributed by atoms with Crippen LogP contribution >= 0.6 is 27.7 Å². The molecule has 3 rings (SSSR count). The van der Waals surface area contributed by atoms with Crippen LogP contribution in [0, 0.1) is 0 Å². The van der Waals surface area contributed by atoms with Crippen molar-refractivity contribution in [3.63, 3.8) is 0 Å². The maximum Gasteiger partial charge on any atom is 0.286 e. The number of hydrogen-bond acceptors (Lipinski definition) is 4. The number of para-hydroxylation sites is 1. The van der Waals surface area contributed by atoms with Crippen LogP contribution in [0.5, 0.6) is 0 Å². The number of rotatable bonds is 3. The molecule has 0 fully saturated rings. The molecule has 0 spiro atoms. The number of anilines is 2. The zero-order chi connectivity index (χ0) is 15.9. The van der Waals surface area contributed by atoms with Crippen molar-refractivity contribution in [1.82, 2.24) is 0 Å². The minimum atomic E-state index is -4.21. The Morgan fingerprint density at radius 1 is 1.18 bits per heavy atom. The molecule has 116 valence electrons. The molecular formula is C15H14BrNO3S2. The average molecular weight is 400 g/mol. The molecule has 0 aromatic heterocycles. The van der Waals surface area contributed by atoms with Crippen molar-refractivity contribution in [3.05, 3.63) is 46.9 Å². The van der Waals surface area contributed by atoms with Gasteiger partial charge in [-0.2, -0.15) is 8.42 Å². The van der Waals surface area contributed by atoms with Crippen LogP contribution in [0.2, 0.25) is 0 Å². The summed E-state index contributed by atoms with van der Waals surface area (Å²) >= 11 is 5.03. The molecule has 1 aliphatic heterocycles. The summed E-state index contributed by atoms with van der Waals surface area (Å²) in [7, 11) is -4.21. The third-order valence-corrected chi connectivity index (χ3v) is 6.36. The van der Waals surface area contributed by atoms with Crippen LogP contribution in [0.1, 0.15) is 13.3 Å². The van der Waals surface area contributed by atoms with Gasteiger partial charge in [0.05, 0.1) is 11.4 Å². The first kappa shape index (κ1) is 15.9. The summed E-state index contributed by atoms with van der Waals surface area (Å²) in [6.07, 6.45) is 0.282. The van der Waals surface area contributed by atoms with Gasteiger partial charge in [-0.15, -0.1) is 0 Å². The molecule has 0 aliphatic carbocycles. The highest BCUT2D eigenvalue weighted by Crippen LogP contribution is 2.50. The molecule has 1 aliphatic rings. The van der Waals surface area contributed by atoms with E-state index in [1.165, 1.54) is 0 Å². The van der Waals surface area contributed by atoms with E-state index in [1.54, 1.807) is 23.6 Å². The van der Waals surface area contributed by atoms with Crippen molar-refractivity contribution in [3.8, 4) is 0 Å². The minimum absolute atomic E-state index is 0.282. The molecule has 0 saturated carbocycles. The van der Waals surface area contributed by atoms with Gasteiger partial charge >= 0.3 is 0 Å². The molecule has 7 heteroatoms. The lowest BCUT2D eigenvalue weighted by Gasteiger charge is -2.36. The van der Waals surface area contributed by atoms with Crippen LogP contribution in [-0.2, 0) is 10.1 Å². The molecular weight excluding hydrogens is 386 g/mol. The van der Waals surface area contributed by atoms with Gasteiger partial charge in [-0.3, -0.25) is 4.55 Å². The fraction of sp³-hybridized carbons (Fsp3) is 0.200. The molecule has 22 heavy (non-hydrogen) atoms. The van der Waals surface area contributed by atoms with E-state index in [1.807, 2.05) is 42.5 Å². The molecule has 1 N–H and O–H groups in total. The normalized spacial score (nSPS) is 15.1. The molecule has 1 unspecified atom stereocenters. The second kappa shape index (κ2) is 5.88. The van der Waals surface area contributed by atoms with Gasteiger partial charge in [0.25, 0.3) is 10.1 Å². The SMILES string of the molecule is CCC(N1c2ccccc2Sc2ccc(Br)cc21)S(=O)(=O)O. The first-order valence-corrected chi connectivity index (χ1v) is 9.85. The monoisotopic (exact) mass is 399 g/mol. The van der Waals surface area contributed by atoms with Crippen LogP contribution in [0.4, 0.5) is 11.4 Å². The summed E-state index contributed by atoms with van der Waals surface area (Å²) in [6, 6.07) is 13.4. The van der Waals surface area contributed by atoms with Gasteiger partial charge in [0, 0.05) is 14.3 Å². The molecule has 0 saturated heterocycles. The Kier molecular flexibility index (Phi) is 4.24. The van der Waals surface area contributed by atoms with Crippen molar-refractivity contribution in [2.75, 3.05) is 4.90 Å². The molecule has 2 aromatic carbocycles. The predicted octanol–water partition coefficient (Wildman–Crippen LogP) is 4.68. The van der Waals surface area contributed by atoms with E-state index in [-0.39, 0.29) is 6.42 Å². The van der Waals surface area contributed by atoms with Gasteiger partial charge in [-0.05, 0) is 36.8 Å². The van der Waals surface area contributed by atoms with Crippen LogP contribution in [0.15, 0.2) is 56.7 Å². The van der Waals surface area contributed by atoms with Gasteiger partial charge in [0.15, 0.2) is 5.37 Å². The molecule has 4 nitrogen and oxygen atoms in total. The second-order valence-electron chi connectivity index (χ2n) is 4.93.